The molecule has 25 heavy (non-hydrogen) atoms. The molecule has 2 aromatic carbocycles. The van der Waals surface area contributed by atoms with Crippen molar-refractivity contribution in [3.8, 4) is 5.75 Å². The third-order valence-electron chi connectivity index (χ3n) is 4.24. The molecule has 2 aromatic rings. The highest BCUT2D eigenvalue weighted by atomic mass is 32.2. The van der Waals surface area contributed by atoms with Crippen molar-refractivity contribution >= 4 is 27.3 Å². The van der Waals surface area contributed by atoms with Gasteiger partial charge in [-0.1, -0.05) is 6.07 Å². The van der Waals surface area contributed by atoms with Crippen LogP contribution in [0.3, 0.4) is 0 Å². The molecule has 0 aromatic heterocycles. The summed E-state index contributed by atoms with van der Waals surface area (Å²) < 4.78 is 33.3. The van der Waals surface area contributed by atoms with Crippen LogP contribution in [0, 0.1) is 13.8 Å². The summed E-state index contributed by atoms with van der Waals surface area (Å²) in [7, 11) is -3.70. The lowest BCUT2D eigenvalue weighted by molar-refractivity contribution is -0.116. The van der Waals surface area contributed by atoms with Crippen LogP contribution in [0.5, 0.6) is 5.75 Å². The summed E-state index contributed by atoms with van der Waals surface area (Å²) in [6, 6.07) is 9.92. The highest BCUT2D eigenvalue weighted by Gasteiger charge is 2.22. The number of fused-ring (bicyclic) bond motifs is 1. The zero-order valence-electron chi connectivity index (χ0n) is 14.4. The quantitative estimate of drug-likeness (QED) is 0.913. The number of aryl methyl sites for hydroxylation is 2. The largest absolute Gasteiger partial charge is 0.489 e. The van der Waals surface area contributed by atoms with Crippen molar-refractivity contribution in [1.29, 1.82) is 0 Å². The van der Waals surface area contributed by atoms with Crippen LogP contribution in [-0.4, -0.2) is 27.5 Å². The van der Waals surface area contributed by atoms with Crippen LogP contribution < -0.4 is 14.4 Å². The molecule has 1 amide bonds. The summed E-state index contributed by atoms with van der Waals surface area (Å²) in [5.41, 5.74) is 2.98. The van der Waals surface area contributed by atoms with Gasteiger partial charge in [0.05, 0.1) is 22.8 Å². The first-order valence-corrected chi connectivity index (χ1v) is 9.41. The fourth-order valence-electron chi connectivity index (χ4n) is 2.71. The normalized spacial score (nSPS) is 13.8. The summed E-state index contributed by atoms with van der Waals surface area (Å²) in [5.74, 6) is 0.412. The van der Waals surface area contributed by atoms with Crippen LogP contribution in [-0.2, 0) is 14.8 Å². The Morgan fingerprint density at radius 3 is 2.56 bits per heavy atom. The highest BCUT2D eigenvalue weighted by molar-refractivity contribution is 7.92. The Morgan fingerprint density at radius 2 is 1.88 bits per heavy atom. The second-order valence-electron chi connectivity index (χ2n) is 6.05. The van der Waals surface area contributed by atoms with Crippen molar-refractivity contribution < 1.29 is 17.9 Å². The summed E-state index contributed by atoms with van der Waals surface area (Å²) in [5, 5.41) is 0. The minimum absolute atomic E-state index is 0.0759. The van der Waals surface area contributed by atoms with Gasteiger partial charge in [-0.2, -0.15) is 0 Å². The molecular weight excluding hydrogens is 340 g/mol. The van der Waals surface area contributed by atoms with E-state index in [1.165, 1.54) is 6.92 Å². The molecule has 0 radical (unpaired) electrons. The van der Waals surface area contributed by atoms with Crippen molar-refractivity contribution in [2.75, 3.05) is 22.8 Å². The average molecular weight is 360 g/mol. The summed E-state index contributed by atoms with van der Waals surface area (Å²) in [6.07, 6.45) is 0. The number of hydrogen-bond acceptors (Lipinski definition) is 4. The maximum atomic E-state index is 12.6. The number of rotatable bonds is 3. The van der Waals surface area contributed by atoms with Gasteiger partial charge < -0.3 is 9.64 Å². The van der Waals surface area contributed by atoms with Crippen LogP contribution in [0.1, 0.15) is 18.1 Å². The lowest BCUT2D eigenvalue weighted by atomic mass is 10.1. The standard InChI is InChI=1S/C18H20N2O4S/c1-12-4-6-16(10-13(12)2)25(22,23)19-15-5-7-17-18(11-15)24-9-8-20(17)14(3)21/h4-7,10-11,19H,8-9H2,1-3H3. The Balaban J connectivity index is 1.90. The van der Waals surface area contributed by atoms with E-state index in [0.29, 0.717) is 30.3 Å². The molecule has 0 atom stereocenters. The molecule has 0 unspecified atom stereocenters. The van der Waals surface area contributed by atoms with Crippen LogP contribution in [0.2, 0.25) is 0 Å². The number of hydrogen-bond donors (Lipinski definition) is 1. The molecule has 7 heteroatoms. The molecule has 3 rings (SSSR count). The predicted molar refractivity (Wildman–Crippen MR) is 96.7 cm³/mol. The molecule has 0 aliphatic carbocycles. The number of benzene rings is 2. The van der Waals surface area contributed by atoms with Crippen LogP contribution in [0.25, 0.3) is 0 Å². The molecule has 0 saturated heterocycles. The second-order valence-corrected chi connectivity index (χ2v) is 7.74. The lowest BCUT2D eigenvalue weighted by Crippen LogP contribution is -2.36. The Labute approximate surface area is 147 Å². The lowest BCUT2D eigenvalue weighted by Gasteiger charge is -2.29. The average Bonchev–Trinajstić information content (AvgIpc) is 2.56. The Hall–Kier alpha value is -2.54. The Kier molecular flexibility index (Phi) is 4.43. The summed E-state index contributed by atoms with van der Waals surface area (Å²) >= 11 is 0. The van der Waals surface area contributed by atoms with E-state index in [4.69, 9.17) is 4.74 Å². The van der Waals surface area contributed by atoms with Crippen molar-refractivity contribution in [3.63, 3.8) is 0 Å². The molecule has 1 aliphatic heterocycles. The van der Waals surface area contributed by atoms with Gasteiger partial charge in [0.15, 0.2) is 0 Å². The van der Waals surface area contributed by atoms with Crippen LogP contribution in [0.15, 0.2) is 41.3 Å². The zero-order valence-corrected chi connectivity index (χ0v) is 15.2. The van der Waals surface area contributed by atoms with Gasteiger partial charge in [0.1, 0.15) is 12.4 Å². The number of ether oxygens (including phenoxy) is 1. The Morgan fingerprint density at radius 1 is 1.12 bits per heavy atom. The Bertz CT molecular complexity index is 938. The fourth-order valence-corrected chi connectivity index (χ4v) is 3.84. The molecule has 0 bridgehead atoms. The number of carbonyl (C=O) groups excluding carboxylic acids is 1. The molecule has 0 spiro atoms. The maximum Gasteiger partial charge on any atom is 0.261 e. The van der Waals surface area contributed by atoms with Gasteiger partial charge in [0, 0.05) is 13.0 Å². The molecule has 1 aliphatic rings. The number of anilines is 2. The van der Waals surface area contributed by atoms with Gasteiger partial charge in [0.2, 0.25) is 5.91 Å². The van der Waals surface area contributed by atoms with Gasteiger partial charge in [-0.05, 0) is 49.2 Å². The van der Waals surface area contributed by atoms with E-state index in [-0.39, 0.29) is 10.8 Å². The van der Waals surface area contributed by atoms with Crippen molar-refractivity contribution in [1.82, 2.24) is 0 Å². The second kappa shape index (κ2) is 6.40. The van der Waals surface area contributed by atoms with Gasteiger partial charge in [0.25, 0.3) is 10.0 Å². The van der Waals surface area contributed by atoms with E-state index >= 15 is 0 Å². The summed E-state index contributed by atoms with van der Waals surface area (Å²) in [6.45, 7) is 6.15. The fraction of sp³-hybridized carbons (Fsp3) is 0.278. The van der Waals surface area contributed by atoms with Gasteiger partial charge in [-0.25, -0.2) is 8.42 Å². The van der Waals surface area contributed by atoms with E-state index in [1.807, 2.05) is 13.8 Å². The van der Waals surface area contributed by atoms with Crippen molar-refractivity contribution in [2.45, 2.75) is 25.7 Å². The van der Waals surface area contributed by atoms with E-state index in [2.05, 4.69) is 4.72 Å². The minimum atomic E-state index is -3.70. The van der Waals surface area contributed by atoms with E-state index in [9.17, 15) is 13.2 Å². The number of carbonyl (C=O) groups is 1. The van der Waals surface area contributed by atoms with Crippen LogP contribution in [0.4, 0.5) is 11.4 Å². The predicted octanol–water partition coefficient (Wildman–Crippen LogP) is 2.85. The van der Waals surface area contributed by atoms with Crippen molar-refractivity contribution in [3.05, 3.63) is 47.5 Å². The smallest absolute Gasteiger partial charge is 0.261 e. The van der Waals surface area contributed by atoms with E-state index < -0.39 is 10.0 Å². The minimum Gasteiger partial charge on any atom is -0.489 e. The monoisotopic (exact) mass is 360 g/mol. The van der Waals surface area contributed by atoms with Crippen LogP contribution >= 0.6 is 0 Å². The van der Waals surface area contributed by atoms with Gasteiger partial charge in [-0.15, -0.1) is 0 Å². The molecular formula is C18H20N2O4S. The number of amides is 1. The number of nitrogens with zero attached hydrogens (tertiary/aromatic N) is 1. The van der Waals surface area contributed by atoms with E-state index in [0.717, 1.165) is 11.1 Å². The summed E-state index contributed by atoms with van der Waals surface area (Å²) in [4.78, 5) is 13.5. The molecule has 0 fully saturated rings. The third-order valence-corrected chi connectivity index (χ3v) is 5.62. The maximum absolute atomic E-state index is 12.6. The topological polar surface area (TPSA) is 75.7 Å². The van der Waals surface area contributed by atoms with Gasteiger partial charge in [-0.3, -0.25) is 9.52 Å². The molecule has 1 N–H and O–H groups in total. The van der Waals surface area contributed by atoms with Crippen molar-refractivity contribution in [2.24, 2.45) is 0 Å². The SMILES string of the molecule is CC(=O)N1CCOc2cc(NS(=O)(=O)c3ccc(C)c(C)c3)ccc21. The molecule has 6 nitrogen and oxygen atoms in total. The van der Waals surface area contributed by atoms with E-state index in [1.54, 1.807) is 41.3 Å². The molecule has 132 valence electrons. The number of sulfonamides is 1. The number of nitrogens with one attached hydrogen (secondary N) is 1. The molecule has 0 saturated carbocycles. The highest BCUT2D eigenvalue weighted by Crippen LogP contribution is 2.34. The first-order chi connectivity index (χ1) is 11.8. The molecule has 1 heterocycles. The first kappa shape index (κ1) is 17.3. The first-order valence-electron chi connectivity index (χ1n) is 7.93. The third kappa shape index (κ3) is 3.46. The van der Waals surface area contributed by atoms with Gasteiger partial charge >= 0.3 is 0 Å². The zero-order chi connectivity index (χ0) is 18.2.